The second-order valence-electron chi connectivity index (χ2n) is 5.19. The number of benzene rings is 2. The predicted octanol–water partition coefficient (Wildman–Crippen LogP) is 2.67. The van der Waals surface area contributed by atoms with E-state index in [0.717, 1.165) is 19.4 Å². The summed E-state index contributed by atoms with van der Waals surface area (Å²) in [4.78, 5) is 0. The summed E-state index contributed by atoms with van der Waals surface area (Å²) in [7, 11) is 0. The lowest BCUT2D eigenvalue weighted by molar-refractivity contribution is 0.846. The third-order valence-corrected chi connectivity index (χ3v) is 3.77. The molecule has 2 aromatic carbocycles. The van der Waals surface area contributed by atoms with E-state index < -0.39 is 0 Å². The Hall–Kier alpha value is -2.00. The Morgan fingerprint density at radius 3 is 2.50 bits per heavy atom. The minimum atomic E-state index is 0.262. The van der Waals surface area contributed by atoms with Crippen molar-refractivity contribution in [2.45, 2.75) is 12.8 Å². The largest absolute Gasteiger partial charge is 0.420 e. The summed E-state index contributed by atoms with van der Waals surface area (Å²) >= 11 is 0. The van der Waals surface area contributed by atoms with Crippen LogP contribution in [0.3, 0.4) is 0 Å². The van der Waals surface area contributed by atoms with E-state index in [2.05, 4.69) is 65.9 Å². The molecule has 0 atom stereocenters. The van der Waals surface area contributed by atoms with Gasteiger partial charge in [0.1, 0.15) is 0 Å². The van der Waals surface area contributed by atoms with Gasteiger partial charge in [0.2, 0.25) is 0 Å². The van der Waals surface area contributed by atoms with E-state index in [4.69, 9.17) is 5.73 Å². The van der Waals surface area contributed by atoms with Crippen molar-refractivity contribution < 1.29 is 0 Å². The van der Waals surface area contributed by atoms with Crippen LogP contribution in [0.15, 0.2) is 60.1 Å². The molecule has 2 aromatic rings. The third kappa shape index (κ3) is 2.63. The number of para-hydroxylation sites is 1. The lowest BCUT2D eigenvalue weighted by Gasteiger charge is -2.26. The Morgan fingerprint density at radius 2 is 1.70 bits per heavy atom. The molecule has 0 bridgehead atoms. The van der Waals surface area contributed by atoms with Gasteiger partial charge in [-0.05, 0) is 31.0 Å². The average molecular weight is 262 g/mol. The van der Waals surface area contributed by atoms with Gasteiger partial charge in [0.15, 0.2) is 0 Å². The number of hydrogen-bond donors (Lipinski definition) is 2. The van der Waals surface area contributed by atoms with Crippen LogP contribution in [0.4, 0.5) is 5.69 Å². The number of nitrogens with one attached hydrogen (secondary N) is 1. The first-order valence-electron chi connectivity index (χ1n) is 7.19. The van der Waals surface area contributed by atoms with Gasteiger partial charge in [-0.3, -0.25) is 0 Å². The number of allylic oxidation sites excluding steroid dienone is 1. The molecule has 100 valence electrons. The standard InChI is InChI=1S/C17H19BN2/c19-12-6-10-16-13-14-7-4-5-11-17(14)20-18(16)15-8-2-1-3-9-15/h1-5,7-9,11,13,20H,6,10,12,19H2. The fraction of sp³-hybridized carbons (Fsp3) is 0.176. The molecule has 1 aliphatic rings. The molecule has 0 aromatic heterocycles. The molecule has 0 radical (unpaired) electrons. The monoisotopic (exact) mass is 262 g/mol. The zero-order valence-electron chi connectivity index (χ0n) is 11.5. The highest BCUT2D eigenvalue weighted by Crippen LogP contribution is 2.27. The zero-order valence-corrected chi connectivity index (χ0v) is 11.5. The van der Waals surface area contributed by atoms with Crippen molar-refractivity contribution in [3.05, 3.63) is 65.6 Å². The van der Waals surface area contributed by atoms with Crippen molar-refractivity contribution >= 4 is 24.1 Å². The van der Waals surface area contributed by atoms with Crippen LogP contribution < -0.4 is 16.4 Å². The highest BCUT2D eigenvalue weighted by Gasteiger charge is 2.26. The predicted molar refractivity (Wildman–Crippen MR) is 88.2 cm³/mol. The number of rotatable bonds is 4. The van der Waals surface area contributed by atoms with Gasteiger partial charge in [0, 0.05) is 5.69 Å². The first-order chi connectivity index (χ1) is 9.88. The molecule has 0 amide bonds. The van der Waals surface area contributed by atoms with E-state index in [9.17, 15) is 0 Å². The Balaban J connectivity index is 1.97. The average Bonchev–Trinajstić information content (AvgIpc) is 2.53. The number of fused-ring (bicyclic) bond motifs is 1. The number of anilines is 1. The molecular weight excluding hydrogens is 243 g/mol. The Kier molecular flexibility index (Phi) is 3.89. The van der Waals surface area contributed by atoms with E-state index in [0.29, 0.717) is 0 Å². The molecule has 0 saturated carbocycles. The van der Waals surface area contributed by atoms with Gasteiger partial charge in [0.05, 0.1) is 0 Å². The molecule has 3 N–H and O–H groups in total. The van der Waals surface area contributed by atoms with Gasteiger partial charge in [0.25, 0.3) is 0 Å². The molecular formula is C17H19BN2. The van der Waals surface area contributed by atoms with Crippen molar-refractivity contribution in [1.29, 1.82) is 0 Å². The summed E-state index contributed by atoms with van der Waals surface area (Å²) in [6.07, 6.45) is 4.38. The van der Waals surface area contributed by atoms with Crippen LogP contribution in [-0.4, -0.2) is 13.4 Å². The van der Waals surface area contributed by atoms with Crippen LogP contribution in [0, 0.1) is 0 Å². The molecule has 0 saturated heterocycles. The highest BCUT2D eigenvalue weighted by atomic mass is 14.8. The topological polar surface area (TPSA) is 38.0 Å². The summed E-state index contributed by atoms with van der Waals surface area (Å²) < 4.78 is 0. The molecule has 1 aliphatic heterocycles. The van der Waals surface area contributed by atoms with E-state index in [1.807, 2.05) is 0 Å². The fourth-order valence-corrected chi connectivity index (χ4v) is 2.75. The van der Waals surface area contributed by atoms with Gasteiger partial charge in [-0.2, -0.15) is 0 Å². The van der Waals surface area contributed by atoms with Crippen LogP contribution in [0.1, 0.15) is 18.4 Å². The van der Waals surface area contributed by atoms with E-state index >= 15 is 0 Å². The van der Waals surface area contributed by atoms with Crippen molar-refractivity contribution in [3.8, 4) is 0 Å². The van der Waals surface area contributed by atoms with Gasteiger partial charge in [-0.1, -0.05) is 65.5 Å². The van der Waals surface area contributed by atoms with Crippen molar-refractivity contribution in [2.75, 3.05) is 11.8 Å². The Morgan fingerprint density at radius 1 is 0.950 bits per heavy atom. The van der Waals surface area contributed by atoms with Crippen LogP contribution in [0.25, 0.3) is 6.08 Å². The smallest absolute Gasteiger partial charge is 0.316 e. The summed E-state index contributed by atoms with van der Waals surface area (Å²) in [5.74, 6) is 0. The molecule has 3 heteroatoms. The number of hydrogen-bond acceptors (Lipinski definition) is 2. The summed E-state index contributed by atoms with van der Waals surface area (Å²) in [6, 6.07) is 19.1. The van der Waals surface area contributed by atoms with Crippen LogP contribution in [-0.2, 0) is 0 Å². The maximum atomic E-state index is 5.68. The minimum Gasteiger partial charge on any atom is -0.420 e. The van der Waals surface area contributed by atoms with Crippen LogP contribution in [0.2, 0.25) is 0 Å². The molecule has 1 heterocycles. The first kappa shape index (κ1) is 13.0. The van der Waals surface area contributed by atoms with Gasteiger partial charge in [-0.25, -0.2) is 0 Å². The first-order valence-corrected chi connectivity index (χ1v) is 7.19. The lowest BCUT2D eigenvalue weighted by atomic mass is 9.47. The minimum absolute atomic E-state index is 0.262. The quantitative estimate of drug-likeness (QED) is 0.831. The second-order valence-corrected chi connectivity index (χ2v) is 5.19. The van der Waals surface area contributed by atoms with Crippen molar-refractivity contribution in [2.24, 2.45) is 5.73 Å². The van der Waals surface area contributed by atoms with Crippen LogP contribution >= 0.6 is 0 Å². The Labute approximate surface area is 120 Å². The molecule has 2 nitrogen and oxygen atoms in total. The highest BCUT2D eigenvalue weighted by molar-refractivity contribution is 6.83. The number of nitrogens with two attached hydrogens (primary N) is 1. The zero-order chi connectivity index (χ0) is 13.8. The molecule has 3 rings (SSSR count). The molecule has 20 heavy (non-hydrogen) atoms. The second kappa shape index (κ2) is 5.97. The van der Waals surface area contributed by atoms with Gasteiger partial charge >= 0.3 is 6.85 Å². The maximum absolute atomic E-state index is 5.68. The normalized spacial score (nSPS) is 13.4. The van der Waals surface area contributed by atoms with E-state index in [1.54, 1.807) is 0 Å². The van der Waals surface area contributed by atoms with Crippen molar-refractivity contribution in [1.82, 2.24) is 0 Å². The summed E-state index contributed by atoms with van der Waals surface area (Å²) in [5.41, 5.74) is 10.9. The van der Waals surface area contributed by atoms with Crippen molar-refractivity contribution in [3.63, 3.8) is 0 Å². The Bertz CT molecular complexity index is 607. The van der Waals surface area contributed by atoms with Crippen LogP contribution in [0.5, 0.6) is 0 Å². The van der Waals surface area contributed by atoms with E-state index in [-0.39, 0.29) is 6.85 Å². The molecule has 0 aliphatic carbocycles. The molecule has 0 unspecified atom stereocenters. The maximum Gasteiger partial charge on any atom is 0.316 e. The van der Waals surface area contributed by atoms with Gasteiger partial charge < -0.3 is 11.0 Å². The molecule has 0 fully saturated rings. The third-order valence-electron chi connectivity index (χ3n) is 3.77. The molecule has 0 spiro atoms. The SMILES string of the molecule is NCCCC1=Cc2ccccc2NB1c1ccccc1. The fourth-order valence-electron chi connectivity index (χ4n) is 2.75. The summed E-state index contributed by atoms with van der Waals surface area (Å²) in [6.45, 7) is 0.998. The van der Waals surface area contributed by atoms with E-state index in [1.165, 1.54) is 22.2 Å². The summed E-state index contributed by atoms with van der Waals surface area (Å²) in [5, 5.41) is 3.66. The van der Waals surface area contributed by atoms with Gasteiger partial charge in [-0.15, -0.1) is 0 Å². The lowest BCUT2D eigenvalue weighted by Crippen LogP contribution is -2.42.